The van der Waals surface area contributed by atoms with Gasteiger partial charge in [-0.25, -0.2) is 4.99 Å². The van der Waals surface area contributed by atoms with E-state index in [9.17, 15) is 13.6 Å². The van der Waals surface area contributed by atoms with Crippen LogP contribution in [0.3, 0.4) is 0 Å². The summed E-state index contributed by atoms with van der Waals surface area (Å²) in [5.74, 6) is 1.01. The lowest BCUT2D eigenvalue weighted by Gasteiger charge is -2.27. The number of hydrogen-bond acceptors (Lipinski definition) is 4. The number of carbonyl (C=O) groups excluding carboxylic acids is 1. The SMILES string of the molecule is CCNC(=NCc1cc(OC)ccc1OC(F)F)NCC(=O)N1CCCCC1.I. The standard InChI is InChI=1S/C19H28F2N4O3.HI/c1-3-22-19(24-13-17(26)25-9-5-4-6-10-25)23-12-14-11-15(27-2)7-8-16(14)28-18(20)21;/h7-8,11,18H,3-6,9-10,12-13H2,1-2H3,(H2,22,23,24);1H. The lowest BCUT2D eigenvalue weighted by molar-refractivity contribution is -0.130. The van der Waals surface area contributed by atoms with Gasteiger partial charge in [0.05, 0.1) is 20.2 Å². The normalized spacial score (nSPS) is 14.2. The summed E-state index contributed by atoms with van der Waals surface area (Å²) in [7, 11) is 1.49. The number of nitrogens with zero attached hydrogens (tertiary/aromatic N) is 2. The van der Waals surface area contributed by atoms with Crippen molar-refractivity contribution in [2.45, 2.75) is 39.3 Å². The van der Waals surface area contributed by atoms with Gasteiger partial charge in [0.1, 0.15) is 11.5 Å². The van der Waals surface area contributed by atoms with Crippen LogP contribution in [0, 0.1) is 0 Å². The Balaban J connectivity index is 0.00000420. The Hall–Kier alpha value is -1.85. The van der Waals surface area contributed by atoms with Crippen molar-refractivity contribution in [3.05, 3.63) is 23.8 Å². The predicted molar refractivity (Wildman–Crippen MR) is 118 cm³/mol. The zero-order chi connectivity index (χ0) is 20.4. The fourth-order valence-electron chi connectivity index (χ4n) is 2.94. The zero-order valence-corrected chi connectivity index (χ0v) is 19.1. The summed E-state index contributed by atoms with van der Waals surface area (Å²) in [5.41, 5.74) is 0.458. The maximum Gasteiger partial charge on any atom is 0.387 e. The maximum atomic E-state index is 12.6. The number of alkyl halides is 2. The molecule has 0 atom stereocenters. The van der Waals surface area contributed by atoms with Crippen LogP contribution in [0.2, 0.25) is 0 Å². The third-order valence-corrected chi connectivity index (χ3v) is 4.35. The van der Waals surface area contributed by atoms with Gasteiger partial charge >= 0.3 is 6.61 Å². The highest BCUT2D eigenvalue weighted by Crippen LogP contribution is 2.26. The molecule has 0 radical (unpaired) electrons. The Morgan fingerprint density at radius 2 is 1.97 bits per heavy atom. The van der Waals surface area contributed by atoms with Crippen molar-refractivity contribution in [3.63, 3.8) is 0 Å². The highest BCUT2D eigenvalue weighted by atomic mass is 127. The van der Waals surface area contributed by atoms with E-state index < -0.39 is 6.61 Å². The van der Waals surface area contributed by atoms with Crippen molar-refractivity contribution in [2.75, 3.05) is 33.3 Å². The van der Waals surface area contributed by atoms with Crippen molar-refractivity contribution in [2.24, 2.45) is 4.99 Å². The van der Waals surface area contributed by atoms with E-state index >= 15 is 0 Å². The number of hydrogen-bond donors (Lipinski definition) is 2. The molecule has 2 rings (SSSR count). The summed E-state index contributed by atoms with van der Waals surface area (Å²) in [5, 5.41) is 6.05. The molecule has 1 aliphatic heterocycles. The number of guanidine groups is 1. The van der Waals surface area contributed by atoms with Crippen LogP contribution in [-0.4, -0.2) is 56.7 Å². The molecule has 1 amide bonds. The molecule has 1 aromatic carbocycles. The van der Waals surface area contributed by atoms with Gasteiger partial charge in [-0.3, -0.25) is 4.79 Å². The zero-order valence-electron chi connectivity index (χ0n) is 16.7. The monoisotopic (exact) mass is 526 g/mol. The first kappa shape index (κ1) is 25.2. The largest absolute Gasteiger partial charge is 0.497 e. The highest BCUT2D eigenvalue weighted by molar-refractivity contribution is 14.0. The first-order valence-corrected chi connectivity index (χ1v) is 9.45. The van der Waals surface area contributed by atoms with E-state index in [4.69, 9.17) is 4.74 Å². The number of likely N-dealkylation sites (tertiary alicyclic amines) is 1. The van der Waals surface area contributed by atoms with Crippen LogP contribution < -0.4 is 20.1 Å². The number of nitrogens with one attached hydrogen (secondary N) is 2. The van der Waals surface area contributed by atoms with E-state index in [-0.39, 0.29) is 48.7 Å². The molecule has 10 heteroatoms. The van der Waals surface area contributed by atoms with Gasteiger partial charge in [-0.1, -0.05) is 0 Å². The molecule has 1 saturated heterocycles. The average molecular weight is 526 g/mol. The first-order chi connectivity index (χ1) is 13.5. The van der Waals surface area contributed by atoms with Crippen LogP contribution in [0.5, 0.6) is 11.5 Å². The Labute approximate surface area is 187 Å². The molecule has 1 heterocycles. The average Bonchev–Trinajstić information content (AvgIpc) is 2.71. The minimum absolute atomic E-state index is 0. The number of methoxy groups -OCH3 is 1. The second-order valence-electron chi connectivity index (χ2n) is 6.34. The van der Waals surface area contributed by atoms with Gasteiger partial charge in [0.15, 0.2) is 5.96 Å². The fraction of sp³-hybridized carbons (Fsp3) is 0.579. The number of carbonyl (C=O) groups is 1. The minimum atomic E-state index is -2.93. The van der Waals surface area contributed by atoms with E-state index in [1.807, 2.05) is 11.8 Å². The molecule has 0 aliphatic carbocycles. The van der Waals surface area contributed by atoms with Gasteiger partial charge in [-0.15, -0.1) is 24.0 Å². The molecule has 1 aliphatic rings. The Morgan fingerprint density at radius 1 is 1.24 bits per heavy atom. The van der Waals surface area contributed by atoms with Crippen LogP contribution in [0.25, 0.3) is 0 Å². The van der Waals surface area contributed by atoms with E-state index in [0.717, 1.165) is 32.4 Å². The predicted octanol–water partition coefficient (Wildman–Crippen LogP) is 2.98. The smallest absolute Gasteiger partial charge is 0.387 e. The summed E-state index contributed by atoms with van der Waals surface area (Å²) in [4.78, 5) is 18.5. The van der Waals surface area contributed by atoms with Gasteiger partial charge in [0.25, 0.3) is 0 Å². The van der Waals surface area contributed by atoms with Crippen molar-refractivity contribution in [1.82, 2.24) is 15.5 Å². The number of benzene rings is 1. The molecule has 2 N–H and O–H groups in total. The molecule has 0 spiro atoms. The molecule has 1 aromatic rings. The number of amides is 1. The second kappa shape index (κ2) is 13.4. The molecular weight excluding hydrogens is 497 g/mol. The summed E-state index contributed by atoms with van der Waals surface area (Å²) in [6.45, 7) is 1.36. The van der Waals surface area contributed by atoms with Crippen LogP contribution in [0.1, 0.15) is 31.7 Å². The van der Waals surface area contributed by atoms with E-state index in [0.29, 0.717) is 23.8 Å². The molecule has 0 bridgehead atoms. The Kier molecular flexibility index (Phi) is 11.6. The number of rotatable bonds is 8. The summed E-state index contributed by atoms with van der Waals surface area (Å²) < 4.78 is 35.0. The maximum absolute atomic E-state index is 12.6. The van der Waals surface area contributed by atoms with Gasteiger partial charge in [0, 0.05) is 25.2 Å². The van der Waals surface area contributed by atoms with E-state index in [1.54, 1.807) is 12.1 Å². The Bertz CT molecular complexity index is 671. The van der Waals surface area contributed by atoms with Crippen molar-refractivity contribution in [1.29, 1.82) is 0 Å². The minimum Gasteiger partial charge on any atom is -0.497 e. The quantitative estimate of drug-likeness (QED) is 0.310. The Morgan fingerprint density at radius 3 is 2.59 bits per heavy atom. The van der Waals surface area contributed by atoms with Gasteiger partial charge < -0.3 is 25.0 Å². The van der Waals surface area contributed by atoms with E-state index in [2.05, 4.69) is 20.4 Å². The lowest BCUT2D eigenvalue weighted by Crippen LogP contribution is -2.46. The molecule has 0 unspecified atom stereocenters. The number of ether oxygens (including phenoxy) is 2. The van der Waals surface area contributed by atoms with E-state index in [1.165, 1.54) is 13.2 Å². The third-order valence-electron chi connectivity index (χ3n) is 4.35. The lowest BCUT2D eigenvalue weighted by atomic mass is 10.1. The summed E-state index contributed by atoms with van der Waals surface area (Å²) in [6.07, 6.45) is 3.22. The van der Waals surface area contributed by atoms with Gasteiger partial charge in [0.2, 0.25) is 5.91 Å². The molecular formula is C19H29F2IN4O3. The number of halogens is 3. The summed E-state index contributed by atoms with van der Waals surface area (Å²) in [6, 6.07) is 4.57. The van der Waals surface area contributed by atoms with Crippen LogP contribution >= 0.6 is 24.0 Å². The number of piperidine rings is 1. The number of aliphatic imine (C=N–C) groups is 1. The van der Waals surface area contributed by atoms with Crippen LogP contribution in [-0.2, 0) is 11.3 Å². The fourth-order valence-corrected chi connectivity index (χ4v) is 2.94. The van der Waals surface area contributed by atoms with Crippen molar-refractivity contribution >= 4 is 35.8 Å². The molecule has 7 nitrogen and oxygen atoms in total. The van der Waals surface area contributed by atoms with Crippen LogP contribution in [0.4, 0.5) is 8.78 Å². The molecule has 164 valence electrons. The molecule has 1 fully saturated rings. The van der Waals surface area contributed by atoms with Gasteiger partial charge in [-0.05, 0) is 44.4 Å². The first-order valence-electron chi connectivity index (χ1n) is 9.45. The molecule has 0 aromatic heterocycles. The van der Waals surface area contributed by atoms with Gasteiger partial charge in [-0.2, -0.15) is 8.78 Å². The topological polar surface area (TPSA) is 75.2 Å². The van der Waals surface area contributed by atoms with Crippen molar-refractivity contribution in [3.8, 4) is 11.5 Å². The second-order valence-corrected chi connectivity index (χ2v) is 6.34. The molecule has 0 saturated carbocycles. The van der Waals surface area contributed by atoms with Crippen LogP contribution in [0.15, 0.2) is 23.2 Å². The molecule has 29 heavy (non-hydrogen) atoms. The third kappa shape index (κ3) is 8.58. The highest BCUT2D eigenvalue weighted by Gasteiger charge is 2.16. The van der Waals surface area contributed by atoms with Crippen molar-refractivity contribution < 1.29 is 23.0 Å². The summed E-state index contributed by atoms with van der Waals surface area (Å²) >= 11 is 0.